The van der Waals surface area contributed by atoms with Crippen LogP contribution in [0.3, 0.4) is 0 Å². The molecule has 3 nitrogen and oxygen atoms in total. The van der Waals surface area contributed by atoms with Crippen molar-refractivity contribution in [2.45, 2.75) is 25.4 Å². The largest absolute Gasteiger partial charge is 0.439 e. The second-order valence-electron chi connectivity index (χ2n) is 4.83. The number of rotatable bonds is 5. The fourth-order valence-electron chi connectivity index (χ4n) is 1.87. The summed E-state index contributed by atoms with van der Waals surface area (Å²) < 4.78 is 19.0. The average Bonchev–Trinajstić information content (AvgIpc) is 3.23. The maximum atomic E-state index is 13.3. The highest BCUT2D eigenvalue weighted by Gasteiger charge is 2.21. The minimum Gasteiger partial charge on any atom is -0.439 e. The van der Waals surface area contributed by atoms with Crippen LogP contribution in [0.5, 0.6) is 11.6 Å². The van der Waals surface area contributed by atoms with E-state index in [4.69, 9.17) is 16.3 Å². The molecule has 1 saturated carbocycles. The average molecular weight is 293 g/mol. The number of nitrogens with one attached hydrogen (secondary N) is 1. The molecule has 1 N–H and O–H groups in total. The molecule has 1 aromatic carbocycles. The first-order chi connectivity index (χ1) is 9.70. The third-order valence-corrected chi connectivity index (χ3v) is 3.30. The molecule has 1 heterocycles. The van der Waals surface area contributed by atoms with Crippen molar-refractivity contribution < 1.29 is 9.13 Å². The molecule has 104 valence electrons. The summed E-state index contributed by atoms with van der Waals surface area (Å²) in [5.74, 6) is 0.627. The van der Waals surface area contributed by atoms with Gasteiger partial charge in [0, 0.05) is 23.2 Å². The van der Waals surface area contributed by atoms with Crippen LogP contribution < -0.4 is 10.1 Å². The van der Waals surface area contributed by atoms with Gasteiger partial charge in [-0.05, 0) is 37.1 Å². The SMILES string of the molecule is Fc1cnc(Oc2cccc(Cl)c2)c(CNC2CC2)c1. The van der Waals surface area contributed by atoms with E-state index in [0.717, 1.165) is 6.20 Å². The molecule has 1 aliphatic carbocycles. The van der Waals surface area contributed by atoms with Gasteiger partial charge in [-0.25, -0.2) is 9.37 Å². The first-order valence-electron chi connectivity index (χ1n) is 6.52. The maximum Gasteiger partial charge on any atom is 0.223 e. The lowest BCUT2D eigenvalue weighted by Gasteiger charge is -2.11. The van der Waals surface area contributed by atoms with Gasteiger partial charge in [-0.2, -0.15) is 0 Å². The zero-order chi connectivity index (χ0) is 13.9. The van der Waals surface area contributed by atoms with Gasteiger partial charge >= 0.3 is 0 Å². The van der Waals surface area contributed by atoms with Crippen molar-refractivity contribution in [2.24, 2.45) is 0 Å². The Morgan fingerprint density at radius 1 is 1.35 bits per heavy atom. The van der Waals surface area contributed by atoms with Crippen LogP contribution in [0.1, 0.15) is 18.4 Å². The smallest absolute Gasteiger partial charge is 0.223 e. The third kappa shape index (κ3) is 3.46. The fourth-order valence-corrected chi connectivity index (χ4v) is 2.05. The van der Waals surface area contributed by atoms with Gasteiger partial charge in [0.15, 0.2) is 0 Å². The second-order valence-corrected chi connectivity index (χ2v) is 5.27. The summed E-state index contributed by atoms with van der Waals surface area (Å²) in [6, 6.07) is 9.03. The molecule has 0 radical (unpaired) electrons. The Bertz CT molecular complexity index is 617. The quantitative estimate of drug-likeness (QED) is 0.907. The summed E-state index contributed by atoms with van der Waals surface area (Å²) in [5.41, 5.74) is 0.705. The van der Waals surface area contributed by atoms with Crippen LogP contribution in [0.25, 0.3) is 0 Å². The number of ether oxygens (including phenoxy) is 1. The van der Waals surface area contributed by atoms with Crippen molar-refractivity contribution in [3.63, 3.8) is 0 Å². The van der Waals surface area contributed by atoms with Crippen LogP contribution in [0.4, 0.5) is 4.39 Å². The van der Waals surface area contributed by atoms with Crippen LogP contribution in [-0.4, -0.2) is 11.0 Å². The molecule has 0 spiro atoms. The Balaban J connectivity index is 1.79. The molecule has 3 rings (SSSR count). The number of hydrogen-bond donors (Lipinski definition) is 1. The van der Waals surface area contributed by atoms with Crippen molar-refractivity contribution in [3.8, 4) is 11.6 Å². The van der Waals surface area contributed by atoms with Crippen LogP contribution in [0, 0.1) is 5.82 Å². The van der Waals surface area contributed by atoms with Gasteiger partial charge in [-0.3, -0.25) is 0 Å². The normalized spacial score (nSPS) is 14.3. The molecule has 20 heavy (non-hydrogen) atoms. The van der Waals surface area contributed by atoms with Crippen LogP contribution in [-0.2, 0) is 6.54 Å². The molecule has 2 aromatic rings. The third-order valence-electron chi connectivity index (χ3n) is 3.06. The molecule has 1 aliphatic rings. The topological polar surface area (TPSA) is 34.1 Å². The number of nitrogens with zero attached hydrogens (tertiary/aromatic N) is 1. The number of aromatic nitrogens is 1. The molecule has 1 fully saturated rings. The van der Waals surface area contributed by atoms with E-state index in [1.54, 1.807) is 24.3 Å². The number of halogens is 2. The van der Waals surface area contributed by atoms with Gasteiger partial charge in [0.05, 0.1) is 6.20 Å². The molecule has 1 aromatic heterocycles. The second kappa shape index (κ2) is 5.77. The first kappa shape index (κ1) is 13.3. The van der Waals surface area contributed by atoms with E-state index in [-0.39, 0.29) is 5.82 Å². The summed E-state index contributed by atoms with van der Waals surface area (Å²) in [6.07, 6.45) is 3.50. The minimum atomic E-state index is -0.365. The molecular weight excluding hydrogens is 279 g/mol. The van der Waals surface area contributed by atoms with E-state index >= 15 is 0 Å². The molecule has 0 saturated heterocycles. The minimum absolute atomic E-state index is 0.365. The predicted octanol–water partition coefficient (Wildman–Crippen LogP) is 3.92. The van der Waals surface area contributed by atoms with Gasteiger partial charge in [-0.15, -0.1) is 0 Å². The highest BCUT2D eigenvalue weighted by atomic mass is 35.5. The van der Waals surface area contributed by atoms with E-state index in [2.05, 4.69) is 10.3 Å². The summed E-state index contributed by atoms with van der Waals surface area (Å²) >= 11 is 5.91. The number of benzene rings is 1. The van der Waals surface area contributed by atoms with Crippen LogP contribution in [0.2, 0.25) is 5.02 Å². The monoisotopic (exact) mass is 292 g/mol. The summed E-state index contributed by atoms with van der Waals surface area (Å²) in [7, 11) is 0. The highest BCUT2D eigenvalue weighted by Crippen LogP contribution is 2.27. The maximum absolute atomic E-state index is 13.3. The Labute approximate surface area is 121 Å². The van der Waals surface area contributed by atoms with Gasteiger partial charge in [-0.1, -0.05) is 17.7 Å². The van der Waals surface area contributed by atoms with Crippen molar-refractivity contribution in [1.29, 1.82) is 0 Å². The molecule has 0 atom stereocenters. The predicted molar refractivity (Wildman–Crippen MR) is 75.6 cm³/mol. The number of pyridine rings is 1. The zero-order valence-corrected chi connectivity index (χ0v) is 11.5. The Morgan fingerprint density at radius 3 is 2.95 bits per heavy atom. The Morgan fingerprint density at radius 2 is 2.20 bits per heavy atom. The highest BCUT2D eigenvalue weighted by molar-refractivity contribution is 6.30. The van der Waals surface area contributed by atoms with E-state index in [9.17, 15) is 4.39 Å². The van der Waals surface area contributed by atoms with E-state index in [0.29, 0.717) is 34.8 Å². The van der Waals surface area contributed by atoms with Gasteiger partial charge in [0.1, 0.15) is 11.6 Å². The van der Waals surface area contributed by atoms with Gasteiger partial charge in [0.25, 0.3) is 0 Å². The standard InChI is InChI=1S/C15H14ClFN2O/c16-11-2-1-3-14(7-11)20-15-10(6-12(17)9-19-15)8-18-13-4-5-13/h1-3,6-7,9,13,18H,4-5,8H2. The molecule has 0 aliphatic heterocycles. The number of hydrogen-bond acceptors (Lipinski definition) is 3. The molecular formula is C15H14ClFN2O. The zero-order valence-electron chi connectivity index (χ0n) is 10.8. The van der Waals surface area contributed by atoms with Crippen molar-refractivity contribution >= 4 is 11.6 Å². The fraction of sp³-hybridized carbons (Fsp3) is 0.267. The van der Waals surface area contributed by atoms with Crippen molar-refractivity contribution in [1.82, 2.24) is 10.3 Å². The van der Waals surface area contributed by atoms with Crippen LogP contribution >= 0.6 is 11.6 Å². The van der Waals surface area contributed by atoms with Crippen molar-refractivity contribution in [2.75, 3.05) is 0 Å². The van der Waals surface area contributed by atoms with E-state index < -0.39 is 0 Å². The Kier molecular flexibility index (Phi) is 3.85. The first-order valence-corrected chi connectivity index (χ1v) is 6.90. The molecule has 0 unspecified atom stereocenters. The van der Waals surface area contributed by atoms with Crippen LogP contribution in [0.15, 0.2) is 36.5 Å². The Hall–Kier alpha value is -1.65. The lowest BCUT2D eigenvalue weighted by atomic mass is 10.2. The molecule has 0 amide bonds. The lowest BCUT2D eigenvalue weighted by Crippen LogP contribution is -2.16. The summed E-state index contributed by atoms with van der Waals surface area (Å²) in [5, 5.41) is 3.91. The van der Waals surface area contributed by atoms with Gasteiger partial charge in [0.2, 0.25) is 5.88 Å². The van der Waals surface area contributed by atoms with E-state index in [1.807, 2.05) is 0 Å². The van der Waals surface area contributed by atoms with E-state index in [1.165, 1.54) is 18.9 Å². The summed E-state index contributed by atoms with van der Waals surface area (Å²) in [6.45, 7) is 0.547. The lowest BCUT2D eigenvalue weighted by molar-refractivity contribution is 0.448. The summed E-state index contributed by atoms with van der Waals surface area (Å²) in [4.78, 5) is 4.02. The van der Waals surface area contributed by atoms with Crippen molar-refractivity contribution in [3.05, 3.63) is 52.9 Å². The van der Waals surface area contributed by atoms with Gasteiger partial charge < -0.3 is 10.1 Å². The molecule has 0 bridgehead atoms. The molecule has 5 heteroatoms.